The third-order valence-electron chi connectivity index (χ3n) is 6.68. The van der Waals surface area contributed by atoms with Crippen LogP contribution in [0.5, 0.6) is 0 Å². The maximum atomic E-state index is 13.8. The number of hydrogen-bond acceptors (Lipinski definition) is 3. The Kier molecular flexibility index (Phi) is 6.61. The summed E-state index contributed by atoms with van der Waals surface area (Å²) in [7, 11) is 0. The first-order chi connectivity index (χ1) is 13.1. The van der Waals surface area contributed by atoms with E-state index in [1.165, 1.54) is 12.5 Å². The zero-order valence-corrected chi connectivity index (χ0v) is 17.0. The van der Waals surface area contributed by atoms with E-state index >= 15 is 0 Å². The van der Waals surface area contributed by atoms with E-state index in [9.17, 15) is 14.0 Å². The van der Waals surface area contributed by atoms with Gasteiger partial charge in [-0.15, -0.1) is 12.4 Å². The van der Waals surface area contributed by atoms with E-state index in [-0.39, 0.29) is 41.9 Å². The Morgan fingerprint density at radius 2 is 1.82 bits per heavy atom. The Morgan fingerprint density at radius 3 is 2.57 bits per heavy atom. The first kappa shape index (κ1) is 21.1. The number of halogens is 2. The van der Waals surface area contributed by atoms with E-state index in [0.717, 1.165) is 32.4 Å². The summed E-state index contributed by atoms with van der Waals surface area (Å²) in [6.45, 7) is 3.97. The molecule has 7 heteroatoms. The van der Waals surface area contributed by atoms with Gasteiger partial charge in [0.05, 0.1) is 11.8 Å². The van der Waals surface area contributed by atoms with Crippen molar-refractivity contribution in [3.05, 3.63) is 35.6 Å². The molecular formula is C21H29ClFN3O2. The molecule has 28 heavy (non-hydrogen) atoms. The molecule has 3 aliphatic rings. The molecule has 1 aromatic carbocycles. The van der Waals surface area contributed by atoms with Gasteiger partial charge in [0.25, 0.3) is 0 Å². The van der Waals surface area contributed by atoms with Crippen LogP contribution < -0.4 is 5.32 Å². The molecule has 1 saturated carbocycles. The van der Waals surface area contributed by atoms with Crippen molar-refractivity contribution in [2.45, 2.75) is 32.1 Å². The second-order valence-electron chi connectivity index (χ2n) is 8.17. The number of carbonyl (C=O) groups excluding carboxylic acids is 2. The first-order valence-electron chi connectivity index (χ1n) is 10.1. The number of nitrogens with zero attached hydrogens (tertiary/aromatic N) is 2. The Hall–Kier alpha value is -1.66. The molecule has 0 aromatic heterocycles. The summed E-state index contributed by atoms with van der Waals surface area (Å²) in [4.78, 5) is 29.5. The summed E-state index contributed by atoms with van der Waals surface area (Å²) in [5.41, 5.74) is 0.208. The SMILES string of the molecule is Cl.O=C(Cc1ccccc1F)N1CCN(C(=O)[C@@]23CCCC[C@H]2CNC3)CC1. The van der Waals surface area contributed by atoms with Crippen molar-refractivity contribution in [3.8, 4) is 0 Å². The standard InChI is InChI=1S/C21H28FN3O2.ClH/c22-18-7-2-1-5-16(18)13-19(26)24-9-11-25(12-10-24)20(27)21-8-4-3-6-17(21)14-23-15-21;/h1-2,5,7,17,23H,3-4,6,8-15H2;1H/t17-,21+;/m0./s1. The average molecular weight is 410 g/mol. The molecule has 1 aliphatic carbocycles. The van der Waals surface area contributed by atoms with E-state index < -0.39 is 0 Å². The van der Waals surface area contributed by atoms with Gasteiger partial charge in [0.1, 0.15) is 5.82 Å². The second-order valence-corrected chi connectivity index (χ2v) is 8.17. The van der Waals surface area contributed by atoms with Crippen molar-refractivity contribution in [2.75, 3.05) is 39.3 Å². The van der Waals surface area contributed by atoms with Gasteiger partial charge in [-0.05, 0) is 36.9 Å². The van der Waals surface area contributed by atoms with Crippen LogP contribution in [0, 0.1) is 17.2 Å². The minimum Gasteiger partial charge on any atom is -0.339 e. The summed E-state index contributed by atoms with van der Waals surface area (Å²) in [6.07, 6.45) is 4.55. The van der Waals surface area contributed by atoms with Crippen molar-refractivity contribution in [2.24, 2.45) is 11.3 Å². The predicted molar refractivity (Wildman–Crippen MR) is 108 cm³/mol. The van der Waals surface area contributed by atoms with Crippen molar-refractivity contribution >= 4 is 24.2 Å². The Bertz CT molecular complexity index is 723. The topological polar surface area (TPSA) is 52.7 Å². The fourth-order valence-corrected chi connectivity index (χ4v) is 5.06. The van der Waals surface area contributed by atoms with E-state index in [0.29, 0.717) is 37.7 Å². The fraction of sp³-hybridized carbons (Fsp3) is 0.619. The largest absolute Gasteiger partial charge is 0.339 e. The zero-order chi connectivity index (χ0) is 18.9. The second kappa shape index (κ2) is 8.78. The highest BCUT2D eigenvalue weighted by molar-refractivity contribution is 5.85. The molecule has 2 amide bonds. The number of hydrogen-bond donors (Lipinski definition) is 1. The molecule has 3 fully saturated rings. The molecule has 5 nitrogen and oxygen atoms in total. The van der Waals surface area contributed by atoms with Gasteiger partial charge in [-0.25, -0.2) is 4.39 Å². The van der Waals surface area contributed by atoms with Gasteiger partial charge in [-0.2, -0.15) is 0 Å². The molecule has 2 aliphatic heterocycles. The minimum atomic E-state index is -0.337. The fourth-order valence-electron chi connectivity index (χ4n) is 5.06. The Morgan fingerprint density at radius 1 is 1.11 bits per heavy atom. The van der Waals surface area contributed by atoms with Crippen molar-refractivity contribution in [3.63, 3.8) is 0 Å². The average Bonchev–Trinajstić information content (AvgIpc) is 3.14. The van der Waals surface area contributed by atoms with Crippen LogP contribution in [0.15, 0.2) is 24.3 Å². The number of amides is 2. The summed E-state index contributed by atoms with van der Waals surface area (Å²) in [6, 6.07) is 6.42. The molecule has 1 N–H and O–H groups in total. The van der Waals surface area contributed by atoms with E-state index in [1.54, 1.807) is 23.1 Å². The van der Waals surface area contributed by atoms with Crippen LogP contribution >= 0.6 is 12.4 Å². The first-order valence-corrected chi connectivity index (χ1v) is 10.1. The highest BCUT2D eigenvalue weighted by atomic mass is 35.5. The smallest absolute Gasteiger partial charge is 0.230 e. The quantitative estimate of drug-likeness (QED) is 0.833. The maximum absolute atomic E-state index is 13.8. The van der Waals surface area contributed by atoms with Crippen LogP contribution in [0.25, 0.3) is 0 Å². The normalized spacial score (nSPS) is 27.1. The van der Waals surface area contributed by atoms with Gasteiger partial charge in [0.15, 0.2) is 0 Å². The van der Waals surface area contributed by atoms with E-state index in [4.69, 9.17) is 0 Å². The lowest BCUT2D eigenvalue weighted by Crippen LogP contribution is -2.56. The summed E-state index contributed by atoms with van der Waals surface area (Å²) in [5, 5.41) is 3.44. The van der Waals surface area contributed by atoms with Gasteiger partial charge >= 0.3 is 0 Å². The van der Waals surface area contributed by atoms with Gasteiger partial charge in [-0.3, -0.25) is 9.59 Å². The van der Waals surface area contributed by atoms with Gasteiger partial charge in [-0.1, -0.05) is 31.0 Å². The molecular weight excluding hydrogens is 381 g/mol. The highest BCUT2D eigenvalue weighted by Crippen LogP contribution is 2.45. The molecule has 154 valence electrons. The molecule has 0 radical (unpaired) electrons. The Balaban J connectivity index is 0.00000225. The van der Waals surface area contributed by atoms with E-state index in [2.05, 4.69) is 5.32 Å². The lowest BCUT2D eigenvalue weighted by molar-refractivity contribution is -0.149. The number of fused-ring (bicyclic) bond motifs is 1. The molecule has 2 heterocycles. The molecule has 0 spiro atoms. The lowest BCUT2D eigenvalue weighted by Gasteiger charge is -2.43. The van der Waals surface area contributed by atoms with Gasteiger partial charge < -0.3 is 15.1 Å². The maximum Gasteiger partial charge on any atom is 0.230 e. The highest BCUT2D eigenvalue weighted by Gasteiger charge is 2.51. The van der Waals surface area contributed by atoms with Gasteiger partial charge in [0, 0.05) is 32.7 Å². The molecule has 2 atom stereocenters. The van der Waals surface area contributed by atoms with Crippen LogP contribution in [0.3, 0.4) is 0 Å². The number of piperazine rings is 1. The minimum absolute atomic E-state index is 0. The Labute approximate surface area is 172 Å². The lowest BCUT2D eigenvalue weighted by atomic mass is 9.67. The van der Waals surface area contributed by atoms with E-state index in [1.807, 2.05) is 4.90 Å². The van der Waals surface area contributed by atoms with Crippen LogP contribution in [-0.2, 0) is 16.0 Å². The third kappa shape index (κ3) is 3.90. The predicted octanol–water partition coefficient (Wildman–Crippen LogP) is 2.24. The number of benzene rings is 1. The molecule has 0 bridgehead atoms. The van der Waals surface area contributed by atoms with Crippen molar-refractivity contribution in [1.29, 1.82) is 0 Å². The molecule has 2 saturated heterocycles. The third-order valence-corrected chi connectivity index (χ3v) is 6.68. The zero-order valence-electron chi connectivity index (χ0n) is 16.2. The summed E-state index contributed by atoms with van der Waals surface area (Å²) >= 11 is 0. The van der Waals surface area contributed by atoms with Crippen LogP contribution in [0.2, 0.25) is 0 Å². The molecule has 4 rings (SSSR count). The van der Waals surface area contributed by atoms with Crippen molar-refractivity contribution < 1.29 is 14.0 Å². The number of rotatable bonds is 3. The van der Waals surface area contributed by atoms with Crippen molar-refractivity contribution in [1.82, 2.24) is 15.1 Å². The summed E-state index contributed by atoms with van der Waals surface area (Å²) in [5.74, 6) is 0.331. The summed E-state index contributed by atoms with van der Waals surface area (Å²) < 4.78 is 13.8. The van der Waals surface area contributed by atoms with Crippen LogP contribution in [-0.4, -0.2) is 60.9 Å². The van der Waals surface area contributed by atoms with Gasteiger partial charge in [0.2, 0.25) is 11.8 Å². The number of nitrogens with one attached hydrogen (secondary N) is 1. The monoisotopic (exact) mass is 409 g/mol. The van der Waals surface area contributed by atoms with Crippen LogP contribution in [0.1, 0.15) is 31.2 Å². The van der Waals surface area contributed by atoms with Crippen LogP contribution in [0.4, 0.5) is 4.39 Å². The molecule has 0 unspecified atom stereocenters. The molecule has 1 aromatic rings. The number of carbonyl (C=O) groups is 2.